The molecule has 2 atom stereocenters. The van der Waals surface area contributed by atoms with Gasteiger partial charge in [-0.1, -0.05) is 6.92 Å². The fourth-order valence-electron chi connectivity index (χ4n) is 2.65. The van der Waals surface area contributed by atoms with Crippen molar-refractivity contribution >= 4 is 11.7 Å². The summed E-state index contributed by atoms with van der Waals surface area (Å²) in [4.78, 5) is 2.16. The quantitative estimate of drug-likeness (QED) is 0.518. The van der Waals surface area contributed by atoms with Crippen molar-refractivity contribution < 1.29 is 5.11 Å². The first kappa shape index (κ1) is 12.9. The maximum atomic E-state index is 9.78. The van der Waals surface area contributed by atoms with Crippen LogP contribution in [0.25, 0.3) is 0 Å². The van der Waals surface area contributed by atoms with Gasteiger partial charge in [-0.2, -0.15) is 5.10 Å². The van der Waals surface area contributed by atoms with E-state index in [0.29, 0.717) is 5.56 Å². The lowest BCUT2D eigenvalue weighted by Gasteiger charge is -2.36. The van der Waals surface area contributed by atoms with Crippen LogP contribution in [0.15, 0.2) is 0 Å². The van der Waals surface area contributed by atoms with Gasteiger partial charge in [-0.15, -0.1) is 0 Å². The molecular formula is C12H21N5O. The third kappa shape index (κ3) is 2.08. The summed E-state index contributed by atoms with van der Waals surface area (Å²) in [7, 11) is 1.87. The maximum Gasteiger partial charge on any atom is 0.137 e. The molecule has 0 spiro atoms. The van der Waals surface area contributed by atoms with Gasteiger partial charge in [-0.3, -0.25) is 10.1 Å². The summed E-state index contributed by atoms with van der Waals surface area (Å²) in [6.07, 6.45) is 0.499. The Balaban J connectivity index is 2.36. The van der Waals surface area contributed by atoms with E-state index in [9.17, 15) is 5.11 Å². The molecule has 0 amide bonds. The minimum Gasteiger partial charge on any atom is -0.393 e. The second kappa shape index (κ2) is 4.61. The summed E-state index contributed by atoms with van der Waals surface area (Å²) in [5, 5.41) is 21.8. The van der Waals surface area contributed by atoms with Crippen LogP contribution in [0.1, 0.15) is 24.6 Å². The summed E-state index contributed by atoms with van der Waals surface area (Å²) >= 11 is 0. The average molecular weight is 251 g/mol. The summed E-state index contributed by atoms with van der Waals surface area (Å²) in [5.74, 6) is 1.15. The Morgan fingerprint density at radius 3 is 2.78 bits per heavy atom. The van der Waals surface area contributed by atoms with Gasteiger partial charge in [0.25, 0.3) is 0 Å². The molecule has 2 heterocycles. The number of anilines is 1. The molecule has 1 aliphatic heterocycles. The topological polar surface area (TPSA) is 91.2 Å². The van der Waals surface area contributed by atoms with Gasteiger partial charge in [0.15, 0.2) is 0 Å². The standard InChI is InChI=1S/C12H21N5O/c1-7-6-17(5-4-9(7)18)12-10(11(13)14)8(2)15-16(12)3/h7,9,18H,4-6H2,1-3H3,(H3,13,14). The zero-order valence-electron chi connectivity index (χ0n) is 11.1. The minimum absolute atomic E-state index is 0.0503. The van der Waals surface area contributed by atoms with Crippen molar-refractivity contribution in [1.82, 2.24) is 9.78 Å². The van der Waals surface area contributed by atoms with Gasteiger partial charge in [-0.05, 0) is 19.3 Å². The highest BCUT2D eigenvalue weighted by Gasteiger charge is 2.29. The molecule has 4 N–H and O–H groups in total. The van der Waals surface area contributed by atoms with Gasteiger partial charge in [0, 0.05) is 20.1 Å². The van der Waals surface area contributed by atoms with Crippen molar-refractivity contribution in [2.24, 2.45) is 18.7 Å². The molecule has 1 aromatic heterocycles. The molecule has 1 fully saturated rings. The first-order valence-electron chi connectivity index (χ1n) is 6.22. The van der Waals surface area contributed by atoms with E-state index in [-0.39, 0.29) is 17.9 Å². The molecule has 2 unspecified atom stereocenters. The van der Waals surface area contributed by atoms with Crippen molar-refractivity contribution in [3.8, 4) is 0 Å². The van der Waals surface area contributed by atoms with Gasteiger partial charge in [0.05, 0.1) is 17.4 Å². The second-order valence-corrected chi connectivity index (χ2v) is 5.10. The number of piperidine rings is 1. The number of aliphatic hydroxyl groups is 1. The lowest BCUT2D eigenvalue weighted by atomic mass is 9.96. The van der Waals surface area contributed by atoms with E-state index in [1.54, 1.807) is 4.68 Å². The van der Waals surface area contributed by atoms with E-state index < -0.39 is 0 Å². The number of amidine groups is 1. The van der Waals surface area contributed by atoms with Crippen molar-refractivity contribution in [2.45, 2.75) is 26.4 Å². The molecule has 0 radical (unpaired) electrons. The van der Waals surface area contributed by atoms with Crippen LogP contribution in [0.3, 0.4) is 0 Å². The number of nitrogens with one attached hydrogen (secondary N) is 1. The predicted molar refractivity (Wildman–Crippen MR) is 71.0 cm³/mol. The van der Waals surface area contributed by atoms with Gasteiger partial charge in [-0.25, -0.2) is 0 Å². The van der Waals surface area contributed by atoms with Gasteiger partial charge in [0.2, 0.25) is 0 Å². The zero-order valence-corrected chi connectivity index (χ0v) is 11.1. The molecule has 18 heavy (non-hydrogen) atoms. The molecule has 0 saturated carbocycles. The smallest absolute Gasteiger partial charge is 0.137 e. The van der Waals surface area contributed by atoms with E-state index in [1.165, 1.54) is 0 Å². The highest BCUT2D eigenvalue weighted by atomic mass is 16.3. The van der Waals surface area contributed by atoms with Gasteiger partial charge in [0.1, 0.15) is 11.7 Å². The van der Waals surface area contributed by atoms with E-state index in [0.717, 1.165) is 31.0 Å². The van der Waals surface area contributed by atoms with E-state index in [4.69, 9.17) is 11.1 Å². The van der Waals surface area contributed by atoms with E-state index in [1.807, 2.05) is 20.9 Å². The van der Waals surface area contributed by atoms with Crippen LogP contribution < -0.4 is 10.6 Å². The molecule has 100 valence electrons. The fourth-order valence-corrected chi connectivity index (χ4v) is 2.65. The number of aromatic nitrogens is 2. The van der Waals surface area contributed by atoms with Crippen molar-refractivity contribution in [3.63, 3.8) is 0 Å². The Bertz CT molecular complexity index is 467. The second-order valence-electron chi connectivity index (χ2n) is 5.10. The number of nitrogens with two attached hydrogens (primary N) is 1. The third-order valence-electron chi connectivity index (χ3n) is 3.62. The summed E-state index contributed by atoms with van der Waals surface area (Å²) in [6.45, 7) is 5.43. The molecular weight excluding hydrogens is 230 g/mol. The molecule has 6 heteroatoms. The summed E-state index contributed by atoms with van der Waals surface area (Å²) < 4.78 is 1.77. The Morgan fingerprint density at radius 1 is 1.56 bits per heavy atom. The monoisotopic (exact) mass is 251 g/mol. The molecule has 0 aliphatic carbocycles. The van der Waals surface area contributed by atoms with Crippen LogP contribution >= 0.6 is 0 Å². The van der Waals surface area contributed by atoms with Crippen molar-refractivity contribution in [3.05, 3.63) is 11.3 Å². The van der Waals surface area contributed by atoms with Gasteiger partial charge >= 0.3 is 0 Å². The Kier molecular flexibility index (Phi) is 3.30. The van der Waals surface area contributed by atoms with E-state index in [2.05, 4.69) is 10.00 Å². The number of nitrogen functional groups attached to an aromatic ring is 1. The molecule has 1 aliphatic rings. The Hall–Kier alpha value is -1.56. The van der Waals surface area contributed by atoms with Crippen LogP contribution in [0.4, 0.5) is 5.82 Å². The number of nitrogens with zero attached hydrogens (tertiary/aromatic N) is 3. The highest BCUT2D eigenvalue weighted by molar-refractivity contribution is 6.00. The van der Waals surface area contributed by atoms with Crippen molar-refractivity contribution in [2.75, 3.05) is 18.0 Å². The zero-order chi connectivity index (χ0) is 13.4. The first-order chi connectivity index (χ1) is 8.41. The number of aliphatic hydroxyl groups excluding tert-OH is 1. The number of hydrogen-bond donors (Lipinski definition) is 3. The molecule has 2 rings (SSSR count). The highest BCUT2D eigenvalue weighted by Crippen LogP contribution is 2.27. The third-order valence-corrected chi connectivity index (χ3v) is 3.62. The van der Waals surface area contributed by atoms with Crippen molar-refractivity contribution in [1.29, 1.82) is 5.41 Å². The summed E-state index contributed by atoms with van der Waals surface area (Å²) in [5.41, 5.74) is 7.14. The molecule has 1 saturated heterocycles. The van der Waals surface area contributed by atoms with Crippen LogP contribution in [-0.2, 0) is 7.05 Å². The Labute approximate surface area is 107 Å². The Morgan fingerprint density at radius 2 is 2.22 bits per heavy atom. The fraction of sp³-hybridized carbons (Fsp3) is 0.667. The first-order valence-corrected chi connectivity index (χ1v) is 6.22. The van der Waals surface area contributed by atoms with Crippen LogP contribution in [-0.4, -0.2) is 39.9 Å². The number of aryl methyl sites for hydroxylation is 2. The summed E-state index contributed by atoms with van der Waals surface area (Å²) in [6, 6.07) is 0. The van der Waals surface area contributed by atoms with Crippen LogP contribution in [0.2, 0.25) is 0 Å². The largest absolute Gasteiger partial charge is 0.393 e. The normalized spacial score (nSPS) is 24.3. The predicted octanol–water partition coefficient (Wildman–Crippen LogP) is 0.220. The van der Waals surface area contributed by atoms with Crippen LogP contribution in [0, 0.1) is 18.3 Å². The molecule has 1 aromatic rings. The van der Waals surface area contributed by atoms with Crippen LogP contribution in [0.5, 0.6) is 0 Å². The minimum atomic E-state index is -0.239. The number of hydrogen-bond acceptors (Lipinski definition) is 4. The maximum absolute atomic E-state index is 9.78. The lowest BCUT2D eigenvalue weighted by Crippen LogP contribution is -2.43. The molecule has 0 bridgehead atoms. The molecule has 0 aromatic carbocycles. The lowest BCUT2D eigenvalue weighted by molar-refractivity contribution is 0.0966. The SMILES string of the molecule is Cc1nn(C)c(N2CCC(O)C(C)C2)c1C(=N)N. The number of rotatable bonds is 2. The average Bonchev–Trinajstić information content (AvgIpc) is 2.57. The molecule has 6 nitrogen and oxygen atoms in total. The van der Waals surface area contributed by atoms with Gasteiger partial charge < -0.3 is 15.7 Å². The van der Waals surface area contributed by atoms with E-state index >= 15 is 0 Å².